The predicted octanol–water partition coefficient (Wildman–Crippen LogP) is 5.79. The second kappa shape index (κ2) is 11.2. The van der Waals surface area contributed by atoms with Crippen molar-refractivity contribution >= 4 is 22.5 Å². The van der Waals surface area contributed by atoms with Gasteiger partial charge in [0.25, 0.3) is 11.5 Å². The van der Waals surface area contributed by atoms with Gasteiger partial charge < -0.3 is 19.5 Å². The van der Waals surface area contributed by atoms with Crippen LogP contribution in [-0.2, 0) is 0 Å². The molecular weight excluding hydrogens is 490 g/mol. The largest absolute Gasteiger partial charge is 0.490 e. The van der Waals surface area contributed by atoms with Gasteiger partial charge in [0.15, 0.2) is 0 Å². The van der Waals surface area contributed by atoms with E-state index in [1.54, 1.807) is 16.8 Å². The summed E-state index contributed by atoms with van der Waals surface area (Å²) < 4.78 is 9.88. The van der Waals surface area contributed by atoms with Gasteiger partial charge in [-0.3, -0.25) is 14.3 Å². The molecule has 0 spiro atoms. The summed E-state index contributed by atoms with van der Waals surface area (Å²) in [6, 6.07) is 7.84. The lowest BCUT2D eigenvalue weighted by atomic mass is 9.85. The van der Waals surface area contributed by atoms with Crippen LogP contribution in [0.4, 0.5) is 5.69 Å². The Hall–Kier alpha value is -3.13. The summed E-state index contributed by atoms with van der Waals surface area (Å²) in [7, 11) is 0. The van der Waals surface area contributed by atoms with Crippen molar-refractivity contribution in [3.63, 3.8) is 0 Å². The number of hydrogen-bond acceptors (Lipinski definition) is 5. The first-order valence-corrected chi connectivity index (χ1v) is 14.9. The van der Waals surface area contributed by atoms with Gasteiger partial charge in [0.1, 0.15) is 11.4 Å². The summed E-state index contributed by atoms with van der Waals surface area (Å²) in [4.78, 5) is 29.0. The highest BCUT2D eigenvalue weighted by Gasteiger charge is 2.27. The molecule has 2 saturated carbocycles. The van der Waals surface area contributed by atoms with Gasteiger partial charge >= 0.3 is 0 Å². The normalized spacial score (nSPS) is 22.3. The summed E-state index contributed by atoms with van der Waals surface area (Å²) in [5, 5.41) is 8.69. The van der Waals surface area contributed by atoms with Crippen LogP contribution in [0.2, 0.25) is 0 Å². The first kappa shape index (κ1) is 26.1. The van der Waals surface area contributed by atoms with Crippen molar-refractivity contribution in [2.45, 2.75) is 89.8 Å². The molecule has 1 aromatic carbocycles. The number of carbonyl (C=O) groups excluding carboxylic acids is 1. The summed E-state index contributed by atoms with van der Waals surface area (Å²) in [5.74, 6) is 0.932. The Kier molecular flexibility index (Phi) is 7.47. The number of nitrogens with one attached hydrogen (secondary N) is 1. The number of ether oxygens (including phenoxy) is 1. The van der Waals surface area contributed by atoms with E-state index in [9.17, 15) is 9.59 Å². The van der Waals surface area contributed by atoms with Crippen LogP contribution in [0.15, 0.2) is 41.5 Å². The van der Waals surface area contributed by atoms with E-state index >= 15 is 0 Å². The number of aromatic nitrogens is 3. The number of nitrogens with zero attached hydrogens (tertiary/aromatic N) is 4. The minimum Gasteiger partial charge on any atom is -0.490 e. The zero-order valence-electron chi connectivity index (χ0n) is 23.3. The number of likely N-dealkylation sites (tertiary alicyclic amines) is 1. The number of piperidine rings is 1. The number of carbonyl (C=O) groups is 1. The zero-order valence-corrected chi connectivity index (χ0v) is 23.3. The van der Waals surface area contributed by atoms with E-state index < -0.39 is 0 Å². The molecule has 8 heteroatoms. The lowest BCUT2D eigenvalue weighted by Crippen LogP contribution is -2.35. The Bertz CT molecular complexity index is 1370. The number of fused-ring (bicyclic) bond motifs is 1. The highest BCUT2D eigenvalue weighted by atomic mass is 16.5. The van der Waals surface area contributed by atoms with Crippen LogP contribution in [-0.4, -0.2) is 50.9 Å². The van der Waals surface area contributed by atoms with E-state index in [-0.39, 0.29) is 23.6 Å². The van der Waals surface area contributed by atoms with E-state index in [1.165, 1.54) is 51.7 Å². The maximum absolute atomic E-state index is 13.4. The maximum Gasteiger partial charge on any atom is 0.274 e. The third-order valence-corrected chi connectivity index (χ3v) is 8.55. The van der Waals surface area contributed by atoms with Crippen LogP contribution in [0, 0.1) is 5.92 Å². The van der Waals surface area contributed by atoms with Crippen molar-refractivity contribution in [1.82, 2.24) is 19.2 Å². The third-order valence-electron chi connectivity index (χ3n) is 8.55. The van der Waals surface area contributed by atoms with E-state index in [4.69, 9.17) is 9.84 Å². The number of amides is 1. The summed E-state index contributed by atoms with van der Waals surface area (Å²) >= 11 is 0. The van der Waals surface area contributed by atoms with Gasteiger partial charge in [-0.15, -0.1) is 0 Å². The van der Waals surface area contributed by atoms with Gasteiger partial charge in [-0.05, 0) is 102 Å². The summed E-state index contributed by atoms with van der Waals surface area (Å²) in [6.07, 6.45) is 14.6. The molecule has 1 amide bonds. The predicted molar refractivity (Wildman–Crippen MR) is 154 cm³/mol. The molecule has 208 valence electrons. The van der Waals surface area contributed by atoms with Gasteiger partial charge in [0.2, 0.25) is 0 Å². The molecule has 6 rings (SSSR count). The first-order valence-electron chi connectivity index (χ1n) is 14.9. The molecular formula is C31H41N5O3. The Morgan fingerprint density at radius 3 is 2.51 bits per heavy atom. The number of anilines is 1. The molecule has 1 N–H and O–H groups in total. The fourth-order valence-electron chi connectivity index (χ4n) is 6.32. The number of hydrogen-bond donors (Lipinski definition) is 1. The van der Waals surface area contributed by atoms with Crippen molar-refractivity contribution in [2.24, 2.45) is 5.92 Å². The molecule has 8 nitrogen and oxygen atoms in total. The van der Waals surface area contributed by atoms with Gasteiger partial charge in [-0.25, -0.2) is 0 Å². The molecule has 0 atom stereocenters. The van der Waals surface area contributed by atoms with Crippen LogP contribution in [0.5, 0.6) is 5.75 Å². The quantitative estimate of drug-likeness (QED) is 0.398. The third kappa shape index (κ3) is 5.91. The molecule has 3 aliphatic rings. The van der Waals surface area contributed by atoms with Gasteiger partial charge in [-0.2, -0.15) is 5.10 Å². The second-order valence-corrected chi connectivity index (χ2v) is 12.0. The molecule has 0 unspecified atom stereocenters. The molecule has 1 saturated heterocycles. The van der Waals surface area contributed by atoms with Gasteiger partial charge in [-0.1, -0.05) is 6.42 Å². The minimum absolute atomic E-state index is 0.102. The van der Waals surface area contributed by atoms with Crippen molar-refractivity contribution in [3.05, 3.63) is 52.6 Å². The summed E-state index contributed by atoms with van der Waals surface area (Å²) in [6.45, 7) is 7.66. The highest BCUT2D eigenvalue weighted by molar-refractivity contribution is 6.08. The molecule has 3 fully saturated rings. The fraction of sp³-hybridized carbons (Fsp3) is 0.581. The zero-order chi connectivity index (χ0) is 26.9. The molecule has 3 heterocycles. The monoisotopic (exact) mass is 531 g/mol. The Morgan fingerprint density at radius 2 is 1.79 bits per heavy atom. The van der Waals surface area contributed by atoms with E-state index in [0.29, 0.717) is 23.0 Å². The van der Waals surface area contributed by atoms with Crippen LogP contribution in [0.25, 0.3) is 10.9 Å². The maximum atomic E-state index is 13.4. The lowest BCUT2D eigenvalue weighted by molar-refractivity contribution is 0.102. The average Bonchev–Trinajstić information content (AvgIpc) is 3.69. The van der Waals surface area contributed by atoms with Crippen LogP contribution in [0.1, 0.15) is 94.1 Å². The van der Waals surface area contributed by atoms with E-state index in [2.05, 4.69) is 21.1 Å². The number of pyridine rings is 1. The SMILES string of the molecule is CC(C)Oc1cc2nn(C3CCC(CN4CCCCC4)CC3)cc2cc1C(=O)Nc1cccn(C2CC2)c1=O. The molecule has 2 aromatic heterocycles. The molecule has 2 aliphatic carbocycles. The Balaban J connectivity index is 1.19. The second-order valence-electron chi connectivity index (χ2n) is 12.0. The van der Waals surface area contributed by atoms with Crippen LogP contribution < -0.4 is 15.6 Å². The molecule has 3 aromatic rings. The molecule has 0 radical (unpaired) electrons. The van der Waals surface area contributed by atoms with Gasteiger partial charge in [0, 0.05) is 36.4 Å². The van der Waals surface area contributed by atoms with E-state index in [0.717, 1.165) is 42.5 Å². The van der Waals surface area contributed by atoms with Crippen molar-refractivity contribution in [1.29, 1.82) is 0 Å². The van der Waals surface area contributed by atoms with E-state index in [1.807, 2.05) is 32.0 Å². The van der Waals surface area contributed by atoms with Crippen molar-refractivity contribution in [2.75, 3.05) is 25.0 Å². The van der Waals surface area contributed by atoms with Gasteiger partial charge in [0.05, 0.1) is 23.2 Å². The Morgan fingerprint density at radius 1 is 1.05 bits per heavy atom. The lowest BCUT2D eigenvalue weighted by Gasteiger charge is -2.34. The fourth-order valence-corrected chi connectivity index (χ4v) is 6.32. The molecule has 1 aliphatic heterocycles. The van der Waals surface area contributed by atoms with Crippen LogP contribution >= 0.6 is 0 Å². The topological polar surface area (TPSA) is 81.4 Å². The Labute approximate surface area is 230 Å². The summed E-state index contributed by atoms with van der Waals surface area (Å²) in [5.41, 5.74) is 1.38. The minimum atomic E-state index is -0.343. The average molecular weight is 532 g/mol. The molecule has 0 bridgehead atoms. The number of rotatable bonds is 8. The van der Waals surface area contributed by atoms with Crippen molar-refractivity contribution in [3.8, 4) is 5.75 Å². The molecule has 39 heavy (non-hydrogen) atoms. The highest BCUT2D eigenvalue weighted by Crippen LogP contribution is 2.35. The smallest absolute Gasteiger partial charge is 0.274 e. The van der Waals surface area contributed by atoms with Crippen LogP contribution in [0.3, 0.4) is 0 Å². The van der Waals surface area contributed by atoms with Crippen molar-refractivity contribution < 1.29 is 9.53 Å². The first-order chi connectivity index (χ1) is 18.9. The standard InChI is InChI=1S/C31H41N5O3/c1-21(2)39-29-18-28-23(17-26(29)30(37)32-27-7-6-16-35(31(27)38)24-12-13-24)20-36(33-28)25-10-8-22(9-11-25)19-34-14-4-3-5-15-34/h6-7,16-18,20-22,24-25H,3-5,8-15,19H2,1-2H3,(H,32,37). The number of benzene rings is 1.